The Morgan fingerprint density at radius 3 is 2.25 bits per heavy atom. The largest absolute Gasteiger partial charge is 0.481 e. The second kappa shape index (κ2) is 7.79. The van der Waals surface area contributed by atoms with Gasteiger partial charge in [-0.2, -0.15) is 0 Å². The Kier molecular flexibility index (Phi) is 7.58. The predicted molar refractivity (Wildman–Crippen MR) is 60.3 cm³/mol. The second-order valence-corrected chi connectivity index (χ2v) is 5.49. The Hall–Kier alpha value is -0.420. The van der Waals surface area contributed by atoms with Crippen molar-refractivity contribution in [2.24, 2.45) is 5.73 Å². The summed E-state index contributed by atoms with van der Waals surface area (Å²) in [5.41, 5.74) is 5.70. The standard InChI is InChI=1S/C9H20NO5P/c1-3-14-16(13,15-4-2)8(10)6-5-7-9(11)12/h8H,3-7,10H2,1-2H3,(H,11,12). The minimum atomic E-state index is -3.29. The van der Waals surface area contributed by atoms with Crippen molar-refractivity contribution in [3.8, 4) is 0 Å². The molecule has 0 rings (SSSR count). The number of carboxylic acids is 1. The molecule has 0 heterocycles. The third kappa shape index (κ3) is 5.61. The highest BCUT2D eigenvalue weighted by molar-refractivity contribution is 7.54. The molecule has 1 atom stereocenters. The van der Waals surface area contributed by atoms with Crippen LogP contribution in [0.4, 0.5) is 0 Å². The van der Waals surface area contributed by atoms with Gasteiger partial charge in [0.05, 0.1) is 13.2 Å². The highest BCUT2D eigenvalue weighted by Crippen LogP contribution is 2.52. The summed E-state index contributed by atoms with van der Waals surface area (Å²) >= 11 is 0. The van der Waals surface area contributed by atoms with Gasteiger partial charge in [0.15, 0.2) is 0 Å². The van der Waals surface area contributed by atoms with Crippen molar-refractivity contribution in [2.45, 2.75) is 38.9 Å². The maximum atomic E-state index is 12.1. The molecule has 0 aliphatic rings. The third-order valence-corrected chi connectivity index (χ3v) is 4.22. The number of rotatable bonds is 9. The summed E-state index contributed by atoms with van der Waals surface area (Å²) in [6, 6.07) is 0. The van der Waals surface area contributed by atoms with E-state index < -0.39 is 19.3 Å². The van der Waals surface area contributed by atoms with Crippen molar-refractivity contribution in [3.63, 3.8) is 0 Å². The number of carboxylic acid groups (broad SMARTS) is 1. The van der Waals surface area contributed by atoms with Gasteiger partial charge in [0.25, 0.3) is 0 Å². The van der Waals surface area contributed by atoms with Crippen molar-refractivity contribution >= 4 is 13.6 Å². The van der Waals surface area contributed by atoms with Crippen molar-refractivity contribution in [2.75, 3.05) is 13.2 Å². The van der Waals surface area contributed by atoms with Crippen LogP contribution in [-0.4, -0.2) is 30.1 Å². The fourth-order valence-electron chi connectivity index (χ4n) is 1.21. The van der Waals surface area contributed by atoms with Gasteiger partial charge in [-0.1, -0.05) is 0 Å². The summed E-state index contributed by atoms with van der Waals surface area (Å²) in [7, 11) is -3.29. The fraction of sp³-hybridized carbons (Fsp3) is 0.889. The number of carbonyl (C=O) groups is 1. The van der Waals surface area contributed by atoms with E-state index in [4.69, 9.17) is 19.9 Å². The summed E-state index contributed by atoms with van der Waals surface area (Å²) in [6.45, 7) is 3.92. The number of hydrogen-bond donors (Lipinski definition) is 2. The van der Waals surface area contributed by atoms with Crippen LogP contribution in [0.1, 0.15) is 33.1 Å². The highest BCUT2D eigenvalue weighted by Gasteiger charge is 2.32. The molecule has 7 heteroatoms. The Bertz CT molecular complexity index is 248. The van der Waals surface area contributed by atoms with Crippen LogP contribution in [0, 0.1) is 0 Å². The average molecular weight is 253 g/mol. The minimum absolute atomic E-state index is 0.00590. The first-order chi connectivity index (χ1) is 7.46. The zero-order valence-corrected chi connectivity index (χ0v) is 10.6. The van der Waals surface area contributed by atoms with Gasteiger partial charge in [-0.25, -0.2) is 0 Å². The zero-order chi connectivity index (χ0) is 12.6. The lowest BCUT2D eigenvalue weighted by atomic mass is 10.2. The Morgan fingerprint density at radius 2 is 1.88 bits per heavy atom. The van der Waals surface area contributed by atoms with Crippen LogP contribution in [0.2, 0.25) is 0 Å². The van der Waals surface area contributed by atoms with Crippen LogP contribution in [-0.2, 0) is 18.4 Å². The quantitative estimate of drug-likeness (QED) is 0.608. The molecule has 6 nitrogen and oxygen atoms in total. The van der Waals surface area contributed by atoms with Gasteiger partial charge in [-0.05, 0) is 26.7 Å². The van der Waals surface area contributed by atoms with E-state index in [1.165, 1.54) is 0 Å². The zero-order valence-electron chi connectivity index (χ0n) is 9.72. The van der Waals surface area contributed by atoms with E-state index in [1.54, 1.807) is 13.8 Å². The Labute approximate surface area is 95.6 Å². The topological polar surface area (TPSA) is 98.9 Å². The van der Waals surface area contributed by atoms with E-state index in [-0.39, 0.29) is 19.6 Å². The molecular formula is C9H20NO5P. The van der Waals surface area contributed by atoms with Crippen LogP contribution >= 0.6 is 7.60 Å². The van der Waals surface area contributed by atoms with Crippen molar-refractivity contribution < 1.29 is 23.5 Å². The molecule has 0 aromatic heterocycles. The summed E-state index contributed by atoms with van der Waals surface area (Å²) in [5.74, 6) is -1.65. The van der Waals surface area contributed by atoms with Gasteiger partial charge in [-0.15, -0.1) is 0 Å². The van der Waals surface area contributed by atoms with E-state index in [0.29, 0.717) is 12.8 Å². The molecule has 0 saturated carbocycles. The molecule has 96 valence electrons. The van der Waals surface area contributed by atoms with Crippen molar-refractivity contribution in [1.82, 2.24) is 0 Å². The maximum Gasteiger partial charge on any atom is 0.347 e. The van der Waals surface area contributed by atoms with Crippen molar-refractivity contribution in [1.29, 1.82) is 0 Å². The molecule has 1 unspecified atom stereocenters. The molecule has 0 bridgehead atoms. The first-order valence-corrected chi connectivity index (χ1v) is 6.93. The molecule has 0 saturated heterocycles. The molecule has 3 N–H and O–H groups in total. The van der Waals surface area contributed by atoms with E-state index >= 15 is 0 Å². The molecule has 16 heavy (non-hydrogen) atoms. The lowest BCUT2D eigenvalue weighted by Gasteiger charge is -2.22. The molecule has 0 aromatic rings. The van der Waals surface area contributed by atoms with E-state index in [0.717, 1.165) is 0 Å². The van der Waals surface area contributed by atoms with E-state index in [9.17, 15) is 9.36 Å². The first-order valence-electron chi connectivity index (χ1n) is 5.32. The number of nitrogens with two attached hydrogens (primary N) is 1. The predicted octanol–water partition coefficient (Wildman–Crippen LogP) is 1.79. The lowest BCUT2D eigenvalue weighted by Crippen LogP contribution is -2.23. The van der Waals surface area contributed by atoms with E-state index in [1.807, 2.05) is 0 Å². The van der Waals surface area contributed by atoms with Gasteiger partial charge in [0.2, 0.25) is 0 Å². The molecule has 0 radical (unpaired) electrons. The van der Waals surface area contributed by atoms with E-state index in [2.05, 4.69) is 0 Å². The molecule has 0 aliphatic carbocycles. The van der Waals surface area contributed by atoms with Gasteiger partial charge in [-0.3, -0.25) is 9.36 Å². The van der Waals surface area contributed by atoms with Gasteiger partial charge >= 0.3 is 13.6 Å². The summed E-state index contributed by atoms with van der Waals surface area (Å²) in [4.78, 5) is 10.3. The smallest absolute Gasteiger partial charge is 0.347 e. The van der Waals surface area contributed by atoms with Gasteiger partial charge in [0.1, 0.15) is 5.78 Å². The maximum absolute atomic E-state index is 12.1. The average Bonchev–Trinajstić information content (AvgIpc) is 2.17. The summed E-state index contributed by atoms with van der Waals surface area (Å²) in [5, 5.41) is 8.46. The molecule has 0 spiro atoms. The SMILES string of the molecule is CCOP(=O)(OCC)C(N)CCCC(=O)O. The first kappa shape index (κ1) is 15.6. The van der Waals surface area contributed by atoms with Gasteiger partial charge in [0, 0.05) is 6.42 Å². The molecule has 0 amide bonds. The third-order valence-electron chi connectivity index (χ3n) is 1.91. The lowest BCUT2D eigenvalue weighted by molar-refractivity contribution is -0.137. The molecular weight excluding hydrogens is 233 g/mol. The number of aliphatic carboxylic acids is 1. The van der Waals surface area contributed by atoms with Crippen LogP contribution in [0.5, 0.6) is 0 Å². The molecule has 0 aromatic carbocycles. The Morgan fingerprint density at radius 1 is 1.38 bits per heavy atom. The van der Waals surface area contributed by atoms with Crippen LogP contribution in [0.25, 0.3) is 0 Å². The highest BCUT2D eigenvalue weighted by atomic mass is 31.2. The van der Waals surface area contributed by atoms with Crippen LogP contribution in [0.3, 0.4) is 0 Å². The summed E-state index contributed by atoms with van der Waals surface area (Å²) in [6.07, 6.45) is 0.677. The minimum Gasteiger partial charge on any atom is -0.481 e. The molecule has 0 fully saturated rings. The van der Waals surface area contributed by atoms with Gasteiger partial charge < -0.3 is 19.9 Å². The van der Waals surface area contributed by atoms with Crippen molar-refractivity contribution in [3.05, 3.63) is 0 Å². The summed E-state index contributed by atoms with van der Waals surface area (Å²) < 4.78 is 22.2. The second-order valence-electron chi connectivity index (χ2n) is 3.23. The Balaban J connectivity index is 4.21. The van der Waals surface area contributed by atoms with Crippen LogP contribution < -0.4 is 5.73 Å². The van der Waals surface area contributed by atoms with Crippen LogP contribution in [0.15, 0.2) is 0 Å². The monoisotopic (exact) mass is 253 g/mol. The number of hydrogen-bond acceptors (Lipinski definition) is 5. The molecule has 0 aliphatic heterocycles. The normalized spacial score (nSPS) is 13.7. The fourth-order valence-corrected chi connectivity index (χ4v) is 2.89.